The molecule has 0 bridgehead atoms. The predicted molar refractivity (Wildman–Crippen MR) is 66.9 cm³/mol. The largest absolute Gasteiger partial charge is 0.381 e. The first kappa shape index (κ1) is 13.3. The molecule has 2 atom stereocenters. The minimum absolute atomic E-state index is 0.00718. The number of amides is 2. The Morgan fingerprint density at radius 1 is 1.44 bits per heavy atom. The zero-order valence-corrected chi connectivity index (χ0v) is 11.4. The van der Waals surface area contributed by atoms with E-state index in [0.717, 1.165) is 13.0 Å². The maximum atomic E-state index is 12.5. The topological polar surface area (TPSA) is 58.6 Å². The van der Waals surface area contributed by atoms with Gasteiger partial charge in [-0.1, -0.05) is 0 Å². The summed E-state index contributed by atoms with van der Waals surface area (Å²) in [6.45, 7) is 7.59. The van der Waals surface area contributed by atoms with E-state index in [0.29, 0.717) is 25.5 Å². The van der Waals surface area contributed by atoms with Gasteiger partial charge in [0, 0.05) is 31.5 Å². The Morgan fingerprint density at radius 2 is 2.17 bits per heavy atom. The summed E-state index contributed by atoms with van der Waals surface area (Å²) in [5.74, 6) is 0.344. The van der Waals surface area contributed by atoms with Crippen molar-refractivity contribution in [2.75, 3.05) is 19.8 Å². The maximum Gasteiger partial charge on any atom is 0.248 e. The number of hydrogen-bond donors (Lipinski definition) is 1. The average molecular weight is 254 g/mol. The van der Waals surface area contributed by atoms with Crippen LogP contribution in [0.25, 0.3) is 0 Å². The van der Waals surface area contributed by atoms with Gasteiger partial charge in [0.15, 0.2) is 0 Å². The normalized spacial score (nSPS) is 29.9. The molecule has 2 heterocycles. The zero-order valence-electron chi connectivity index (χ0n) is 11.4. The Balaban J connectivity index is 2.14. The summed E-state index contributed by atoms with van der Waals surface area (Å²) < 4.78 is 5.39. The Bertz CT molecular complexity index is 348. The molecular weight excluding hydrogens is 232 g/mol. The van der Waals surface area contributed by atoms with Crippen LogP contribution < -0.4 is 5.32 Å². The second-order valence-corrected chi connectivity index (χ2v) is 5.79. The lowest BCUT2D eigenvalue weighted by Gasteiger charge is -2.35. The molecule has 1 N–H and O–H groups in total. The first-order valence-corrected chi connectivity index (χ1v) is 6.61. The van der Waals surface area contributed by atoms with Crippen LogP contribution >= 0.6 is 0 Å². The highest BCUT2D eigenvalue weighted by atomic mass is 16.5. The highest BCUT2D eigenvalue weighted by molar-refractivity contribution is 5.93. The van der Waals surface area contributed by atoms with Crippen LogP contribution in [0.3, 0.4) is 0 Å². The summed E-state index contributed by atoms with van der Waals surface area (Å²) >= 11 is 0. The minimum atomic E-state index is -0.804. The molecule has 102 valence electrons. The predicted octanol–water partition coefficient (Wildman–Crippen LogP) is 0.538. The van der Waals surface area contributed by atoms with Gasteiger partial charge in [0.1, 0.15) is 5.54 Å². The lowest BCUT2D eigenvalue weighted by Crippen LogP contribution is -2.55. The molecule has 0 aromatic heterocycles. The van der Waals surface area contributed by atoms with Gasteiger partial charge < -0.3 is 15.0 Å². The van der Waals surface area contributed by atoms with Gasteiger partial charge in [-0.25, -0.2) is 0 Å². The van der Waals surface area contributed by atoms with Gasteiger partial charge in [-0.2, -0.15) is 0 Å². The quantitative estimate of drug-likeness (QED) is 0.782. The van der Waals surface area contributed by atoms with Crippen LogP contribution in [0.5, 0.6) is 0 Å². The third-order valence-electron chi connectivity index (χ3n) is 3.97. The van der Waals surface area contributed by atoms with Gasteiger partial charge in [0.2, 0.25) is 11.8 Å². The van der Waals surface area contributed by atoms with E-state index in [1.165, 1.54) is 0 Å². The SMILES string of the molecule is CC(C1CCOC1)N1CCC(=O)NC(C)(C)C1=O. The fourth-order valence-corrected chi connectivity index (χ4v) is 2.72. The van der Waals surface area contributed by atoms with Crippen molar-refractivity contribution < 1.29 is 14.3 Å². The molecule has 2 rings (SSSR count). The number of nitrogens with one attached hydrogen (secondary N) is 1. The van der Waals surface area contributed by atoms with E-state index in [2.05, 4.69) is 12.2 Å². The number of ether oxygens (including phenoxy) is 1. The number of hydrogen-bond acceptors (Lipinski definition) is 3. The summed E-state index contributed by atoms with van der Waals surface area (Å²) in [5.41, 5.74) is -0.804. The van der Waals surface area contributed by atoms with E-state index >= 15 is 0 Å². The van der Waals surface area contributed by atoms with Crippen LogP contribution in [0.15, 0.2) is 0 Å². The molecule has 2 saturated heterocycles. The van der Waals surface area contributed by atoms with Crippen molar-refractivity contribution in [3.63, 3.8) is 0 Å². The Kier molecular flexibility index (Phi) is 3.61. The van der Waals surface area contributed by atoms with E-state index < -0.39 is 5.54 Å². The molecule has 0 spiro atoms. The molecule has 2 fully saturated rings. The molecule has 0 aromatic carbocycles. The lowest BCUT2D eigenvalue weighted by molar-refractivity contribution is -0.140. The molecular formula is C13H22N2O3. The van der Waals surface area contributed by atoms with Gasteiger partial charge in [0.25, 0.3) is 0 Å². The molecule has 0 saturated carbocycles. The van der Waals surface area contributed by atoms with Crippen molar-refractivity contribution in [2.45, 2.75) is 45.2 Å². The summed E-state index contributed by atoms with van der Waals surface area (Å²) in [4.78, 5) is 25.9. The highest BCUT2D eigenvalue weighted by Gasteiger charge is 2.40. The molecule has 0 aromatic rings. The monoisotopic (exact) mass is 254 g/mol. The summed E-state index contributed by atoms with van der Waals surface area (Å²) in [6.07, 6.45) is 1.37. The third kappa shape index (κ3) is 2.51. The van der Waals surface area contributed by atoms with Crippen LogP contribution in [0, 0.1) is 5.92 Å². The van der Waals surface area contributed by atoms with Gasteiger partial charge in [-0.05, 0) is 27.2 Å². The molecule has 2 aliphatic rings. The average Bonchev–Trinajstić information content (AvgIpc) is 2.77. The molecule has 18 heavy (non-hydrogen) atoms. The smallest absolute Gasteiger partial charge is 0.248 e. The van der Waals surface area contributed by atoms with E-state index in [1.54, 1.807) is 13.8 Å². The van der Waals surface area contributed by atoms with E-state index in [-0.39, 0.29) is 17.9 Å². The van der Waals surface area contributed by atoms with Crippen molar-refractivity contribution in [3.8, 4) is 0 Å². The summed E-state index contributed by atoms with van der Waals surface area (Å²) in [7, 11) is 0. The molecule has 2 amide bonds. The Morgan fingerprint density at radius 3 is 2.78 bits per heavy atom. The van der Waals surface area contributed by atoms with Crippen LogP contribution in [-0.2, 0) is 14.3 Å². The molecule has 0 radical (unpaired) electrons. The zero-order chi connectivity index (χ0) is 13.3. The summed E-state index contributed by atoms with van der Waals surface area (Å²) in [5, 5.41) is 2.78. The number of rotatable bonds is 2. The van der Waals surface area contributed by atoms with Crippen LogP contribution in [-0.4, -0.2) is 48.1 Å². The number of nitrogens with zero attached hydrogens (tertiary/aromatic N) is 1. The van der Waals surface area contributed by atoms with Crippen LogP contribution in [0.1, 0.15) is 33.6 Å². The van der Waals surface area contributed by atoms with Crippen molar-refractivity contribution in [3.05, 3.63) is 0 Å². The number of carbonyl (C=O) groups excluding carboxylic acids is 2. The fraction of sp³-hybridized carbons (Fsp3) is 0.846. The van der Waals surface area contributed by atoms with Crippen molar-refractivity contribution in [2.24, 2.45) is 5.92 Å². The highest BCUT2D eigenvalue weighted by Crippen LogP contribution is 2.24. The van der Waals surface area contributed by atoms with E-state index in [1.807, 2.05) is 4.90 Å². The van der Waals surface area contributed by atoms with Crippen molar-refractivity contribution in [1.29, 1.82) is 0 Å². The van der Waals surface area contributed by atoms with Gasteiger partial charge in [0.05, 0.1) is 6.61 Å². The molecule has 2 aliphatic heterocycles. The van der Waals surface area contributed by atoms with E-state index in [9.17, 15) is 9.59 Å². The molecule has 2 unspecified atom stereocenters. The second kappa shape index (κ2) is 4.88. The minimum Gasteiger partial charge on any atom is -0.381 e. The van der Waals surface area contributed by atoms with Crippen LogP contribution in [0.4, 0.5) is 0 Å². The molecule has 5 nitrogen and oxygen atoms in total. The Hall–Kier alpha value is -1.10. The van der Waals surface area contributed by atoms with Gasteiger partial charge in [-0.15, -0.1) is 0 Å². The summed E-state index contributed by atoms with van der Waals surface area (Å²) in [6, 6.07) is 0.131. The van der Waals surface area contributed by atoms with Crippen molar-refractivity contribution in [1.82, 2.24) is 10.2 Å². The maximum absolute atomic E-state index is 12.5. The third-order valence-corrected chi connectivity index (χ3v) is 3.97. The molecule has 0 aliphatic carbocycles. The standard InChI is InChI=1S/C13H22N2O3/c1-9(10-5-7-18-8-10)15-6-4-11(16)14-13(2,3)12(15)17/h9-10H,4-8H2,1-3H3,(H,14,16). The first-order chi connectivity index (χ1) is 8.42. The van der Waals surface area contributed by atoms with Gasteiger partial charge in [-0.3, -0.25) is 9.59 Å². The van der Waals surface area contributed by atoms with Gasteiger partial charge >= 0.3 is 0 Å². The van der Waals surface area contributed by atoms with E-state index in [4.69, 9.17) is 4.74 Å². The van der Waals surface area contributed by atoms with Crippen molar-refractivity contribution >= 4 is 11.8 Å². The second-order valence-electron chi connectivity index (χ2n) is 5.79. The first-order valence-electron chi connectivity index (χ1n) is 6.61. The number of carbonyl (C=O) groups is 2. The van der Waals surface area contributed by atoms with Crippen LogP contribution in [0.2, 0.25) is 0 Å². The lowest BCUT2D eigenvalue weighted by atomic mass is 9.96. The Labute approximate surface area is 108 Å². The fourth-order valence-electron chi connectivity index (χ4n) is 2.72. The molecule has 5 heteroatoms.